The quantitative estimate of drug-likeness (QED) is 0.121. The molecule has 0 aromatic heterocycles. The third-order valence-electron chi connectivity index (χ3n) is 5.18. The number of benzene rings is 3. The first-order valence-electron chi connectivity index (χ1n) is 11.1. The van der Waals surface area contributed by atoms with Gasteiger partial charge in [0.05, 0.1) is 19.9 Å². The lowest BCUT2D eigenvalue weighted by Gasteiger charge is -2.24. The highest BCUT2D eigenvalue weighted by Gasteiger charge is 2.27. The summed E-state index contributed by atoms with van der Waals surface area (Å²) in [4.78, 5) is 13.5. The van der Waals surface area contributed by atoms with Gasteiger partial charge in [0.1, 0.15) is 24.2 Å². The van der Waals surface area contributed by atoms with Crippen molar-refractivity contribution < 1.29 is 19.0 Å². The Bertz CT molecular complexity index is 1250. The minimum atomic E-state index is -0.909. The number of nitrogens with one attached hydrogen (secondary N) is 4. The van der Waals surface area contributed by atoms with E-state index in [4.69, 9.17) is 25.4 Å². The van der Waals surface area contributed by atoms with Crippen LogP contribution in [0.4, 0.5) is 11.4 Å². The summed E-state index contributed by atoms with van der Waals surface area (Å²) >= 11 is 0. The van der Waals surface area contributed by atoms with Crippen molar-refractivity contribution in [3.05, 3.63) is 77.9 Å². The van der Waals surface area contributed by atoms with Crippen LogP contribution in [0.2, 0.25) is 0 Å². The molecule has 0 radical (unpaired) electrons. The summed E-state index contributed by atoms with van der Waals surface area (Å²) in [5.74, 6) is 6.52. The minimum absolute atomic E-state index is 0.0458. The number of carbonyl (C=O) groups excluding carboxylic acids is 1. The zero-order valence-electron chi connectivity index (χ0n) is 20.3. The number of amides is 1. The van der Waals surface area contributed by atoms with Crippen molar-refractivity contribution in [1.82, 2.24) is 5.43 Å². The first-order chi connectivity index (χ1) is 17.5. The van der Waals surface area contributed by atoms with Gasteiger partial charge in [-0.25, -0.2) is 0 Å². The summed E-state index contributed by atoms with van der Waals surface area (Å²) in [6.07, 6.45) is 0. The molecule has 3 aromatic rings. The van der Waals surface area contributed by atoms with E-state index >= 15 is 0 Å². The van der Waals surface area contributed by atoms with Crippen molar-refractivity contribution in [2.75, 3.05) is 31.6 Å². The highest BCUT2D eigenvalue weighted by molar-refractivity contribution is 5.95. The number of hydrogen-bond donors (Lipinski definition) is 5. The summed E-state index contributed by atoms with van der Waals surface area (Å²) < 4.78 is 16.8. The number of amidine groups is 1. The summed E-state index contributed by atoms with van der Waals surface area (Å²) in [5, 5.41) is 10.9. The Hall–Kier alpha value is -4.84. The molecule has 0 fully saturated rings. The molecule has 0 bridgehead atoms. The van der Waals surface area contributed by atoms with Crippen molar-refractivity contribution in [1.29, 1.82) is 5.41 Å². The number of hydrazine groups is 1. The molecule has 1 atom stereocenters. The molecule has 6 N–H and O–H groups in total. The molecule has 36 heavy (non-hydrogen) atoms. The Labute approximate surface area is 210 Å². The van der Waals surface area contributed by atoms with Crippen LogP contribution in [0.1, 0.15) is 24.1 Å². The van der Waals surface area contributed by atoms with E-state index in [0.29, 0.717) is 34.1 Å². The maximum Gasteiger partial charge on any atom is 0.265 e. The van der Waals surface area contributed by atoms with E-state index in [-0.39, 0.29) is 18.3 Å². The molecule has 0 saturated carbocycles. The maximum absolute atomic E-state index is 13.5. The van der Waals surface area contributed by atoms with Crippen LogP contribution in [0.25, 0.3) is 0 Å². The lowest BCUT2D eigenvalue weighted by Crippen LogP contribution is -2.37. The van der Waals surface area contributed by atoms with Crippen molar-refractivity contribution in [3.63, 3.8) is 0 Å². The fraction of sp³-hybridized carbons (Fsp3) is 0.185. The third-order valence-corrected chi connectivity index (χ3v) is 5.18. The normalized spacial score (nSPS) is 10.8. The van der Waals surface area contributed by atoms with Crippen molar-refractivity contribution in [2.45, 2.75) is 13.0 Å². The van der Waals surface area contributed by atoms with E-state index in [1.54, 1.807) is 43.3 Å². The molecule has 0 aliphatic rings. The molecule has 9 heteroatoms. The predicted molar refractivity (Wildman–Crippen MR) is 141 cm³/mol. The number of nitrogens with two attached hydrogens (primary N) is 1. The van der Waals surface area contributed by atoms with Crippen LogP contribution in [-0.4, -0.2) is 32.6 Å². The molecule has 1 amide bonds. The fourth-order valence-corrected chi connectivity index (χ4v) is 3.34. The van der Waals surface area contributed by atoms with Gasteiger partial charge in [-0.1, -0.05) is 24.1 Å². The number of nitrogen functional groups attached to an aromatic ring is 1. The van der Waals surface area contributed by atoms with Crippen molar-refractivity contribution in [3.8, 4) is 29.1 Å². The molecular formula is C27H29N5O4. The highest BCUT2D eigenvalue weighted by atomic mass is 16.5. The van der Waals surface area contributed by atoms with Gasteiger partial charge in [0.2, 0.25) is 0 Å². The van der Waals surface area contributed by atoms with Crippen LogP contribution in [0, 0.1) is 17.3 Å². The Morgan fingerprint density at radius 3 is 2.25 bits per heavy atom. The van der Waals surface area contributed by atoms with Gasteiger partial charge >= 0.3 is 0 Å². The van der Waals surface area contributed by atoms with Crippen LogP contribution >= 0.6 is 0 Å². The molecule has 1 unspecified atom stereocenters. The number of methoxy groups -OCH3 is 2. The number of hydrogen-bond acceptors (Lipinski definition) is 7. The van der Waals surface area contributed by atoms with Crippen LogP contribution in [0.3, 0.4) is 0 Å². The van der Waals surface area contributed by atoms with Crippen LogP contribution < -0.4 is 36.1 Å². The molecule has 0 aliphatic heterocycles. The second-order valence-electron chi connectivity index (χ2n) is 7.51. The third kappa shape index (κ3) is 6.61. The minimum Gasteiger partial charge on any atom is -0.493 e. The van der Waals surface area contributed by atoms with Gasteiger partial charge in [-0.2, -0.15) is 0 Å². The molecule has 9 nitrogen and oxygen atoms in total. The number of para-hydroxylation sites is 1. The first kappa shape index (κ1) is 25.8. The molecule has 3 rings (SSSR count). The first-order valence-corrected chi connectivity index (χ1v) is 11.1. The number of ether oxygens (including phenoxy) is 3. The number of rotatable bonds is 11. The maximum atomic E-state index is 13.5. The topological polar surface area (TPSA) is 131 Å². The van der Waals surface area contributed by atoms with Crippen molar-refractivity contribution >= 4 is 23.1 Å². The highest BCUT2D eigenvalue weighted by Crippen LogP contribution is 2.39. The van der Waals surface area contributed by atoms with Gasteiger partial charge in [0.25, 0.3) is 5.91 Å². The molecule has 0 spiro atoms. The van der Waals surface area contributed by atoms with Gasteiger partial charge in [-0.15, -0.1) is 5.92 Å². The van der Waals surface area contributed by atoms with Gasteiger partial charge in [-0.3, -0.25) is 21.1 Å². The molecule has 0 heterocycles. The SMILES string of the molecule is CC#CCOc1cc(OC)c(OC)cc1C(Nc1ccc(C(=N)N)cc1)C(=O)NNc1ccccc1. The van der Waals surface area contributed by atoms with Gasteiger partial charge in [-0.05, 0) is 49.4 Å². The molecule has 186 valence electrons. The Kier molecular flexibility index (Phi) is 9.00. The van der Waals surface area contributed by atoms with Gasteiger partial charge in [0.15, 0.2) is 11.5 Å². The average Bonchev–Trinajstić information content (AvgIpc) is 2.91. The Morgan fingerprint density at radius 1 is 0.972 bits per heavy atom. The average molecular weight is 488 g/mol. The molecule has 0 saturated heterocycles. The monoisotopic (exact) mass is 487 g/mol. The summed E-state index contributed by atoms with van der Waals surface area (Å²) in [5.41, 5.74) is 13.7. The van der Waals surface area contributed by atoms with Crippen LogP contribution in [-0.2, 0) is 4.79 Å². The predicted octanol–water partition coefficient (Wildman–Crippen LogP) is 3.69. The van der Waals surface area contributed by atoms with Crippen molar-refractivity contribution in [2.24, 2.45) is 5.73 Å². The smallest absolute Gasteiger partial charge is 0.265 e. The number of anilines is 2. The lowest BCUT2D eigenvalue weighted by atomic mass is 10.0. The Balaban J connectivity index is 2.01. The van der Waals surface area contributed by atoms with E-state index in [1.807, 2.05) is 30.3 Å². The Morgan fingerprint density at radius 2 is 1.64 bits per heavy atom. The van der Waals surface area contributed by atoms with Gasteiger partial charge in [0, 0.05) is 22.9 Å². The molecule has 0 aliphatic carbocycles. The van der Waals surface area contributed by atoms with E-state index in [2.05, 4.69) is 28.0 Å². The zero-order chi connectivity index (χ0) is 25.9. The fourth-order valence-electron chi connectivity index (χ4n) is 3.34. The lowest BCUT2D eigenvalue weighted by molar-refractivity contribution is -0.121. The summed E-state index contributed by atoms with van der Waals surface area (Å²) in [6, 6.07) is 18.6. The largest absolute Gasteiger partial charge is 0.493 e. The van der Waals surface area contributed by atoms with Crippen LogP contribution in [0.15, 0.2) is 66.7 Å². The standard InChI is InChI=1S/C27H29N5O4/c1-4-5-15-36-22-17-24(35-3)23(34-2)16-21(22)25(27(33)32-31-20-9-7-6-8-10-20)30-19-13-11-18(12-14-19)26(28)29/h6-14,16-17,25,30-31H,15H2,1-3H3,(H3,28,29)(H,32,33). The van der Waals surface area contributed by atoms with E-state index in [0.717, 1.165) is 5.69 Å². The van der Waals surface area contributed by atoms with E-state index in [9.17, 15) is 4.79 Å². The summed E-state index contributed by atoms with van der Waals surface area (Å²) in [6.45, 7) is 1.85. The molecule has 3 aromatic carbocycles. The van der Waals surface area contributed by atoms with Crippen LogP contribution in [0.5, 0.6) is 17.2 Å². The van der Waals surface area contributed by atoms with E-state index < -0.39 is 6.04 Å². The second kappa shape index (κ2) is 12.6. The van der Waals surface area contributed by atoms with E-state index in [1.165, 1.54) is 14.2 Å². The molecular weight excluding hydrogens is 458 g/mol. The number of carbonyl (C=O) groups is 1. The summed E-state index contributed by atoms with van der Waals surface area (Å²) in [7, 11) is 3.04. The second-order valence-corrected chi connectivity index (χ2v) is 7.51. The van der Waals surface area contributed by atoms with Gasteiger partial charge < -0.3 is 25.3 Å². The zero-order valence-corrected chi connectivity index (χ0v) is 20.3.